The number of carbonyl (C=O) groups excluding carboxylic acids is 1. The number of carbonyl (C=O) groups is 1. The molecule has 134 valence electrons. The molecule has 0 saturated heterocycles. The van der Waals surface area contributed by atoms with E-state index in [-0.39, 0.29) is 12.1 Å². The molecule has 2 amide bonds. The van der Waals surface area contributed by atoms with Gasteiger partial charge >= 0.3 is 6.03 Å². The van der Waals surface area contributed by atoms with Crippen molar-refractivity contribution in [2.45, 2.75) is 13.0 Å². The van der Waals surface area contributed by atoms with Gasteiger partial charge in [-0.2, -0.15) is 0 Å². The molecule has 0 fully saturated rings. The van der Waals surface area contributed by atoms with E-state index in [0.29, 0.717) is 23.4 Å². The zero-order valence-corrected chi connectivity index (χ0v) is 15.1. The molecule has 1 aromatic carbocycles. The summed E-state index contributed by atoms with van der Waals surface area (Å²) in [7, 11) is 3.95. The molecule has 1 atom stereocenters. The minimum atomic E-state index is -0.330. The molecule has 3 aromatic rings. The number of nitrogens with zero attached hydrogens (tertiary/aromatic N) is 4. The Morgan fingerprint density at radius 1 is 1.12 bits per heavy atom. The van der Waals surface area contributed by atoms with Crippen LogP contribution in [-0.2, 0) is 0 Å². The van der Waals surface area contributed by atoms with Gasteiger partial charge in [-0.05, 0) is 32.6 Å². The summed E-state index contributed by atoms with van der Waals surface area (Å²) >= 11 is 0. The predicted molar refractivity (Wildman–Crippen MR) is 102 cm³/mol. The maximum atomic E-state index is 12.6. The summed E-state index contributed by atoms with van der Waals surface area (Å²) in [6, 6.07) is 9.41. The van der Waals surface area contributed by atoms with Crippen LogP contribution in [0.15, 0.2) is 48.9 Å². The number of likely N-dealkylation sites (N-methyl/N-ethyl adjacent to an activating group) is 1. The fraction of sp³-hybridized carbons (Fsp3) is 0.263. The van der Waals surface area contributed by atoms with Gasteiger partial charge in [0.05, 0.1) is 11.6 Å². The van der Waals surface area contributed by atoms with Crippen molar-refractivity contribution < 1.29 is 4.79 Å². The molecule has 0 bridgehead atoms. The van der Waals surface area contributed by atoms with Crippen molar-refractivity contribution in [3.05, 3.63) is 60.0 Å². The van der Waals surface area contributed by atoms with Crippen molar-refractivity contribution in [2.24, 2.45) is 0 Å². The fourth-order valence-corrected chi connectivity index (χ4v) is 2.78. The number of aromatic nitrogens is 3. The molecule has 7 heteroatoms. The van der Waals surface area contributed by atoms with Crippen LogP contribution in [0.1, 0.15) is 17.2 Å². The Morgan fingerprint density at radius 3 is 2.69 bits per heavy atom. The van der Waals surface area contributed by atoms with Gasteiger partial charge in [-0.3, -0.25) is 10.3 Å². The zero-order valence-electron chi connectivity index (χ0n) is 15.1. The molecule has 2 aromatic heterocycles. The Labute approximate surface area is 152 Å². The molecule has 0 aliphatic carbocycles. The first-order valence-corrected chi connectivity index (χ1v) is 8.37. The van der Waals surface area contributed by atoms with E-state index in [9.17, 15) is 4.79 Å². The number of anilines is 1. The summed E-state index contributed by atoms with van der Waals surface area (Å²) < 4.78 is 0. The van der Waals surface area contributed by atoms with Crippen LogP contribution in [-0.4, -0.2) is 46.5 Å². The quantitative estimate of drug-likeness (QED) is 0.739. The zero-order chi connectivity index (χ0) is 18.5. The second kappa shape index (κ2) is 7.88. The maximum Gasteiger partial charge on any atom is 0.320 e. The molecular formula is C19H22N6O. The highest BCUT2D eigenvalue weighted by Gasteiger charge is 2.17. The van der Waals surface area contributed by atoms with Crippen LogP contribution in [0, 0.1) is 6.92 Å². The van der Waals surface area contributed by atoms with E-state index < -0.39 is 0 Å². The minimum Gasteiger partial charge on any atom is -0.330 e. The summed E-state index contributed by atoms with van der Waals surface area (Å²) in [6.07, 6.45) is 4.79. The van der Waals surface area contributed by atoms with Crippen LogP contribution < -0.4 is 10.6 Å². The predicted octanol–water partition coefficient (Wildman–Crippen LogP) is 2.76. The molecule has 3 rings (SSSR count). The van der Waals surface area contributed by atoms with E-state index in [4.69, 9.17) is 0 Å². The number of benzene rings is 1. The molecule has 0 spiro atoms. The highest BCUT2D eigenvalue weighted by atomic mass is 16.2. The maximum absolute atomic E-state index is 12.6. The van der Waals surface area contributed by atoms with Gasteiger partial charge < -0.3 is 10.2 Å². The van der Waals surface area contributed by atoms with Gasteiger partial charge in [0.25, 0.3) is 0 Å². The van der Waals surface area contributed by atoms with Gasteiger partial charge in [-0.1, -0.05) is 29.8 Å². The number of hydrogen-bond donors (Lipinski definition) is 2. The fourth-order valence-electron chi connectivity index (χ4n) is 2.78. The molecule has 7 nitrogen and oxygen atoms in total. The van der Waals surface area contributed by atoms with Crippen LogP contribution in [0.5, 0.6) is 0 Å². The van der Waals surface area contributed by atoms with Gasteiger partial charge in [-0.15, -0.1) is 0 Å². The number of nitrogens with one attached hydrogen (secondary N) is 2. The molecule has 26 heavy (non-hydrogen) atoms. The molecule has 0 aliphatic heterocycles. The highest BCUT2D eigenvalue weighted by molar-refractivity contribution is 5.96. The Bertz CT molecular complexity index is 906. The van der Waals surface area contributed by atoms with Crippen molar-refractivity contribution in [3.8, 4) is 0 Å². The van der Waals surface area contributed by atoms with E-state index >= 15 is 0 Å². The van der Waals surface area contributed by atoms with E-state index in [2.05, 4.69) is 31.7 Å². The van der Waals surface area contributed by atoms with Gasteiger partial charge in [0, 0.05) is 25.1 Å². The third-order valence-electron chi connectivity index (χ3n) is 3.92. The Morgan fingerprint density at radius 2 is 1.92 bits per heavy atom. The molecule has 2 heterocycles. The van der Waals surface area contributed by atoms with Gasteiger partial charge in [-0.25, -0.2) is 14.8 Å². The van der Waals surface area contributed by atoms with Gasteiger partial charge in [0.2, 0.25) is 0 Å². The van der Waals surface area contributed by atoms with Gasteiger partial charge in [0.15, 0.2) is 5.82 Å². The summed E-state index contributed by atoms with van der Waals surface area (Å²) in [4.78, 5) is 27.3. The summed E-state index contributed by atoms with van der Waals surface area (Å²) in [6.45, 7) is 2.72. The molecule has 0 radical (unpaired) electrons. The average molecular weight is 350 g/mol. The summed E-state index contributed by atoms with van der Waals surface area (Å²) in [5, 5.41) is 5.82. The van der Waals surface area contributed by atoms with Crippen molar-refractivity contribution in [3.63, 3.8) is 0 Å². The molecule has 0 aliphatic rings. The number of hydrogen-bond acceptors (Lipinski definition) is 5. The normalized spacial score (nSPS) is 12.2. The van der Waals surface area contributed by atoms with E-state index in [1.807, 2.05) is 44.1 Å². The molecule has 1 unspecified atom stereocenters. The summed E-state index contributed by atoms with van der Waals surface area (Å²) in [5.41, 5.74) is 3.45. The lowest BCUT2D eigenvalue weighted by molar-refractivity contribution is 0.244. The first kappa shape index (κ1) is 17.8. The average Bonchev–Trinajstić information content (AvgIpc) is 2.61. The Hall–Kier alpha value is -3.06. The van der Waals surface area contributed by atoms with Crippen LogP contribution in [0.2, 0.25) is 0 Å². The smallest absolute Gasteiger partial charge is 0.320 e. The second-order valence-electron chi connectivity index (χ2n) is 6.41. The van der Waals surface area contributed by atoms with Crippen LogP contribution in [0.25, 0.3) is 11.0 Å². The molecule has 2 N–H and O–H groups in total. The minimum absolute atomic E-state index is 0.147. The standard InChI is InChI=1S/C19H22N6O/c1-13-5-4-6-14(11-13)16(12-25(2)3)23-19(26)24-18-17-15(7-8-22-18)20-9-10-21-17/h4-11,16H,12H2,1-3H3,(H2,22,23,24,26). The number of fused-ring (bicyclic) bond motifs is 1. The van der Waals surface area contributed by atoms with E-state index in [1.54, 1.807) is 24.7 Å². The number of rotatable bonds is 5. The van der Waals surface area contributed by atoms with E-state index in [0.717, 1.165) is 11.1 Å². The second-order valence-corrected chi connectivity index (χ2v) is 6.41. The van der Waals surface area contributed by atoms with Crippen LogP contribution in [0.4, 0.5) is 10.6 Å². The number of aryl methyl sites for hydroxylation is 1. The lowest BCUT2D eigenvalue weighted by Crippen LogP contribution is -2.38. The lowest BCUT2D eigenvalue weighted by atomic mass is 10.0. The largest absolute Gasteiger partial charge is 0.330 e. The monoisotopic (exact) mass is 350 g/mol. The molecule has 0 saturated carbocycles. The van der Waals surface area contributed by atoms with Crippen molar-refractivity contribution in [2.75, 3.05) is 26.0 Å². The third kappa shape index (κ3) is 4.31. The first-order valence-electron chi connectivity index (χ1n) is 8.37. The number of amides is 2. The third-order valence-corrected chi connectivity index (χ3v) is 3.92. The van der Waals surface area contributed by atoms with Crippen molar-refractivity contribution >= 4 is 22.9 Å². The number of pyridine rings is 1. The SMILES string of the molecule is Cc1cccc(C(CN(C)C)NC(=O)Nc2nccc3nccnc23)c1. The molecular weight excluding hydrogens is 328 g/mol. The van der Waals surface area contributed by atoms with Crippen LogP contribution in [0.3, 0.4) is 0 Å². The number of urea groups is 1. The highest BCUT2D eigenvalue weighted by Crippen LogP contribution is 2.18. The summed E-state index contributed by atoms with van der Waals surface area (Å²) in [5.74, 6) is 0.390. The van der Waals surface area contributed by atoms with Crippen LogP contribution >= 0.6 is 0 Å². The Balaban J connectivity index is 1.79. The Kier molecular flexibility index (Phi) is 5.38. The van der Waals surface area contributed by atoms with E-state index in [1.165, 1.54) is 0 Å². The van der Waals surface area contributed by atoms with Crippen molar-refractivity contribution in [1.82, 2.24) is 25.2 Å². The van der Waals surface area contributed by atoms with Gasteiger partial charge in [0.1, 0.15) is 5.52 Å². The first-order chi connectivity index (χ1) is 12.5. The topological polar surface area (TPSA) is 83.0 Å². The van der Waals surface area contributed by atoms with Crippen molar-refractivity contribution in [1.29, 1.82) is 0 Å². The lowest BCUT2D eigenvalue weighted by Gasteiger charge is -2.23.